The Labute approximate surface area is 212 Å². The first-order valence-corrected chi connectivity index (χ1v) is 11.7. The predicted octanol–water partition coefficient (Wildman–Crippen LogP) is 5.76. The molecule has 0 saturated carbocycles. The van der Waals surface area contributed by atoms with Gasteiger partial charge >= 0.3 is 6.15 Å². The van der Waals surface area contributed by atoms with Crippen LogP contribution in [0.3, 0.4) is 0 Å². The molecule has 0 radical (unpaired) electrons. The maximum Gasteiger partial charge on any atom is 0.373 e. The number of benzene rings is 2. The average Bonchev–Trinajstić information content (AvgIpc) is 3.47. The summed E-state index contributed by atoms with van der Waals surface area (Å²) in [5.41, 5.74) is 11.5. The molecule has 0 saturated heterocycles. The third-order valence-corrected chi connectivity index (χ3v) is 6.21. The zero-order chi connectivity index (χ0) is 26.9. The van der Waals surface area contributed by atoms with E-state index in [2.05, 4.69) is 26.3 Å². The monoisotopic (exact) mass is 504 g/mol. The Morgan fingerprint density at radius 2 is 1.76 bits per heavy atom. The van der Waals surface area contributed by atoms with Gasteiger partial charge in [-0.15, -0.1) is 0 Å². The molecule has 0 bridgehead atoms. The van der Waals surface area contributed by atoms with Crippen LogP contribution in [0, 0.1) is 11.6 Å². The topological polar surface area (TPSA) is 115 Å². The summed E-state index contributed by atoms with van der Waals surface area (Å²) in [4.78, 5) is 29.7. The number of hydrogen-bond donors (Lipinski definition) is 2. The lowest BCUT2D eigenvalue weighted by molar-refractivity contribution is -0.191. The second-order valence-electron chi connectivity index (χ2n) is 9.22. The van der Waals surface area contributed by atoms with E-state index in [1.807, 2.05) is 56.8 Å². The molecular formula is C27H26F2N6O2. The van der Waals surface area contributed by atoms with Crippen molar-refractivity contribution in [2.24, 2.45) is 4.99 Å². The summed E-state index contributed by atoms with van der Waals surface area (Å²) in [7, 11) is 0. The smallest absolute Gasteiger partial charge is 0.373 e. The molecule has 4 aromatic rings. The van der Waals surface area contributed by atoms with Crippen LogP contribution in [0.15, 0.2) is 41.5 Å². The zero-order valence-corrected chi connectivity index (χ0v) is 20.8. The highest BCUT2D eigenvalue weighted by atomic mass is 19.2. The second-order valence-corrected chi connectivity index (χ2v) is 9.22. The summed E-state index contributed by atoms with van der Waals surface area (Å²) in [5, 5.41) is 3.53. The minimum Gasteiger partial charge on any atom is -0.383 e. The predicted molar refractivity (Wildman–Crippen MR) is 138 cm³/mol. The number of hydrogen-bond acceptors (Lipinski definition) is 7. The number of carbonyl (C=O) groups excluding carboxylic acids is 2. The van der Waals surface area contributed by atoms with Gasteiger partial charge in [0, 0.05) is 29.6 Å². The molecule has 3 N–H and O–H groups in total. The number of nitrogens with two attached hydrogens (primary N) is 1. The van der Waals surface area contributed by atoms with Crippen LogP contribution < -0.4 is 11.1 Å². The van der Waals surface area contributed by atoms with E-state index in [4.69, 9.17) is 15.3 Å². The molecule has 2 aromatic carbocycles. The molecule has 3 heterocycles. The van der Waals surface area contributed by atoms with E-state index >= 15 is 0 Å². The molecule has 2 aromatic heterocycles. The van der Waals surface area contributed by atoms with Crippen molar-refractivity contribution in [3.8, 4) is 11.1 Å². The number of fused-ring (bicyclic) bond motifs is 2. The third kappa shape index (κ3) is 4.71. The van der Waals surface area contributed by atoms with E-state index in [1.54, 1.807) is 6.07 Å². The number of nitrogens with one attached hydrogen (secondary N) is 1. The van der Waals surface area contributed by atoms with Crippen molar-refractivity contribution in [3.63, 3.8) is 0 Å². The molecule has 8 nitrogen and oxygen atoms in total. The van der Waals surface area contributed by atoms with Gasteiger partial charge in [0.2, 0.25) is 5.95 Å². The Kier molecular flexibility index (Phi) is 7.13. The molecule has 0 fully saturated rings. The van der Waals surface area contributed by atoms with Gasteiger partial charge in [-0.2, -0.15) is 19.6 Å². The zero-order valence-electron chi connectivity index (χ0n) is 20.8. The van der Waals surface area contributed by atoms with Crippen molar-refractivity contribution in [2.75, 3.05) is 11.1 Å². The largest absolute Gasteiger partial charge is 0.383 e. The van der Waals surface area contributed by atoms with Crippen LogP contribution in [0.4, 0.5) is 26.2 Å². The van der Waals surface area contributed by atoms with Crippen LogP contribution in [-0.2, 0) is 16.1 Å². The van der Waals surface area contributed by atoms with Crippen LogP contribution in [0.5, 0.6) is 0 Å². The number of aliphatic imine (C=N–C) groups is 1. The van der Waals surface area contributed by atoms with Crippen LogP contribution in [0.2, 0.25) is 0 Å². The number of rotatable bonds is 5. The maximum absolute atomic E-state index is 14.7. The molecule has 5 rings (SSSR count). The molecule has 37 heavy (non-hydrogen) atoms. The van der Waals surface area contributed by atoms with Gasteiger partial charge in [-0.05, 0) is 42.5 Å². The van der Waals surface area contributed by atoms with Gasteiger partial charge in [0.05, 0.1) is 17.6 Å². The second kappa shape index (κ2) is 10.3. The first-order valence-electron chi connectivity index (χ1n) is 11.7. The molecular weight excluding hydrogens is 478 g/mol. The number of anilines is 3. The lowest BCUT2D eigenvalue weighted by atomic mass is 9.97. The van der Waals surface area contributed by atoms with Crippen molar-refractivity contribution in [1.82, 2.24) is 14.5 Å². The van der Waals surface area contributed by atoms with Gasteiger partial charge in [-0.25, -0.2) is 8.78 Å². The van der Waals surface area contributed by atoms with Crippen molar-refractivity contribution in [3.05, 3.63) is 64.9 Å². The van der Waals surface area contributed by atoms with E-state index in [1.165, 1.54) is 6.07 Å². The summed E-state index contributed by atoms with van der Waals surface area (Å²) in [6.07, 6.45) is 4.15. The van der Waals surface area contributed by atoms with Crippen molar-refractivity contribution in [1.29, 1.82) is 0 Å². The molecule has 0 atom stereocenters. The normalized spacial score (nSPS) is 12.0. The maximum atomic E-state index is 14.7. The summed E-state index contributed by atoms with van der Waals surface area (Å²) < 4.78 is 31.3. The van der Waals surface area contributed by atoms with E-state index in [-0.39, 0.29) is 35.6 Å². The molecule has 0 spiro atoms. The molecule has 0 unspecified atom stereocenters. The molecule has 190 valence electrons. The first kappa shape index (κ1) is 25.7. The summed E-state index contributed by atoms with van der Waals surface area (Å²) in [5.74, 6) is -1.61. The molecule has 1 aliphatic heterocycles. The fourth-order valence-corrected chi connectivity index (χ4v) is 4.43. The highest BCUT2D eigenvalue weighted by molar-refractivity contribution is 6.06. The fraction of sp³-hybridized carbons (Fsp3) is 0.259. The average molecular weight is 505 g/mol. The minimum atomic E-state index is -0.965. The van der Waals surface area contributed by atoms with Crippen LogP contribution in [0.25, 0.3) is 22.2 Å². The Morgan fingerprint density at radius 1 is 1.03 bits per heavy atom. The van der Waals surface area contributed by atoms with Crippen molar-refractivity contribution >= 4 is 40.9 Å². The molecule has 0 aliphatic carbocycles. The van der Waals surface area contributed by atoms with Gasteiger partial charge in [0.15, 0.2) is 11.6 Å². The van der Waals surface area contributed by atoms with E-state index < -0.39 is 11.6 Å². The number of nitrogens with zero attached hydrogens (tertiary/aromatic N) is 4. The molecule has 1 aliphatic rings. The summed E-state index contributed by atoms with van der Waals surface area (Å²) in [6, 6.07) is 9.26. The Bertz CT molecular complexity index is 1550. The lowest BCUT2D eigenvalue weighted by Gasteiger charge is -2.13. The van der Waals surface area contributed by atoms with Gasteiger partial charge < -0.3 is 15.6 Å². The van der Waals surface area contributed by atoms with E-state index in [0.29, 0.717) is 17.8 Å². The van der Waals surface area contributed by atoms with Gasteiger partial charge in [-0.3, -0.25) is 4.99 Å². The highest BCUT2D eigenvalue weighted by Crippen LogP contribution is 2.38. The minimum absolute atomic E-state index is 0.0411. The Morgan fingerprint density at radius 3 is 2.43 bits per heavy atom. The van der Waals surface area contributed by atoms with Gasteiger partial charge in [0.25, 0.3) is 0 Å². The van der Waals surface area contributed by atoms with Gasteiger partial charge in [0.1, 0.15) is 11.5 Å². The van der Waals surface area contributed by atoms with Crippen molar-refractivity contribution < 1.29 is 18.4 Å². The van der Waals surface area contributed by atoms with E-state index in [9.17, 15) is 8.78 Å². The number of nitrogen functional groups attached to an aromatic ring is 1. The van der Waals surface area contributed by atoms with Crippen LogP contribution in [-0.4, -0.2) is 26.9 Å². The standard InChI is InChI=1S/C26H26F2N6.CO2/c1-13(2)16-8-9-20(23(28)22(16)27)31-26-32-24(29)21-19(12-34(14(3)4)25(21)33-26)17-7-5-6-15-10-30-11-18(15)17;2-1-3/h5-9,11-14H,10H2,1-4H3,(H3,29,31,32,33);. The highest BCUT2D eigenvalue weighted by Gasteiger charge is 2.22. The number of aromatic nitrogens is 3. The Balaban J connectivity index is 0.00000102. The van der Waals surface area contributed by atoms with Gasteiger partial charge in [-0.1, -0.05) is 38.1 Å². The lowest BCUT2D eigenvalue weighted by Crippen LogP contribution is -2.07. The Hall–Kier alpha value is -4.43. The number of halogens is 2. The fourth-order valence-electron chi connectivity index (χ4n) is 4.43. The van der Waals surface area contributed by atoms with E-state index in [0.717, 1.165) is 27.6 Å². The quantitative estimate of drug-likeness (QED) is 0.357. The first-order chi connectivity index (χ1) is 17.7. The summed E-state index contributed by atoms with van der Waals surface area (Å²) >= 11 is 0. The van der Waals surface area contributed by atoms with Crippen LogP contribution in [0.1, 0.15) is 56.3 Å². The SMILES string of the molecule is CC(C)c1ccc(Nc2nc(N)c3c(-c4cccc5c4C=NC5)cn(C(C)C)c3n2)c(F)c1F.O=C=O. The third-order valence-electron chi connectivity index (χ3n) is 6.21. The summed E-state index contributed by atoms with van der Waals surface area (Å²) in [6.45, 7) is 8.38. The molecule has 10 heteroatoms. The van der Waals surface area contributed by atoms with Crippen molar-refractivity contribution in [2.45, 2.75) is 46.2 Å². The van der Waals surface area contributed by atoms with Crippen LogP contribution >= 0.6 is 0 Å². The molecule has 0 amide bonds.